The first-order chi connectivity index (χ1) is 14.7. The lowest BCUT2D eigenvalue weighted by molar-refractivity contribution is -0.121. The number of nitrogens with one attached hydrogen (secondary N) is 2. The molecule has 2 aliphatic heterocycles. The summed E-state index contributed by atoms with van der Waals surface area (Å²) < 4.78 is 0. The molecule has 0 aromatic heterocycles. The molecule has 6 heteroatoms. The number of piperidine rings is 2. The van der Waals surface area contributed by atoms with Crippen molar-refractivity contribution in [2.45, 2.75) is 32.1 Å². The van der Waals surface area contributed by atoms with E-state index in [1.54, 1.807) is 4.90 Å². The van der Waals surface area contributed by atoms with Gasteiger partial charge in [0.1, 0.15) is 0 Å². The number of carbonyl (C=O) groups excluding carboxylic acids is 2. The Balaban J connectivity index is 1.24. The number of anilines is 3. The number of nitrogens with zero attached hydrogens (tertiary/aromatic N) is 2. The van der Waals surface area contributed by atoms with E-state index in [-0.39, 0.29) is 17.9 Å². The topological polar surface area (TPSA) is 64.7 Å². The molecule has 2 aromatic rings. The fraction of sp³-hybridized carbons (Fsp3) is 0.417. The van der Waals surface area contributed by atoms with Crippen LogP contribution in [0, 0.1) is 5.92 Å². The summed E-state index contributed by atoms with van der Waals surface area (Å²) in [5, 5.41) is 5.96. The van der Waals surface area contributed by atoms with Crippen molar-refractivity contribution in [3.63, 3.8) is 0 Å². The highest BCUT2D eigenvalue weighted by Gasteiger charge is 2.27. The van der Waals surface area contributed by atoms with Gasteiger partial charge in [0.25, 0.3) is 0 Å². The molecule has 0 bridgehead atoms. The van der Waals surface area contributed by atoms with Crippen LogP contribution in [0.5, 0.6) is 0 Å². The van der Waals surface area contributed by atoms with Crippen molar-refractivity contribution in [1.29, 1.82) is 0 Å². The Morgan fingerprint density at radius 1 is 0.733 bits per heavy atom. The number of hydrogen-bond donors (Lipinski definition) is 2. The third-order valence-electron chi connectivity index (χ3n) is 6.03. The smallest absolute Gasteiger partial charge is 0.321 e. The van der Waals surface area contributed by atoms with Gasteiger partial charge < -0.3 is 20.4 Å². The molecule has 0 saturated carbocycles. The minimum Gasteiger partial charge on any atom is -0.372 e. The predicted octanol–water partition coefficient (Wildman–Crippen LogP) is 4.56. The molecule has 4 rings (SSSR count). The maximum Gasteiger partial charge on any atom is 0.321 e. The summed E-state index contributed by atoms with van der Waals surface area (Å²) in [6.07, 6.45) is 5.18. The van der Waals surface area contributed by atoms with Gasteiger partial charge in [0, 0.05) is 49.2 Å². The summed E-state index contributed by atoms with van der Waals surface area (Å²) in [5.74, 6) is -0.0172. The lowest BCUT2D eigenvalue weighted by atomic mass is 9.96. The van der Waals surface area contributed by atoms with Crippen molar-refractivity contribution in [2.75, 3.05) is 41.7 Å². The Hall–Kier alpha value is -3.02. The quantitative estimate of drug-likeness (QED) is 0.782. The van der Waals surface area contributed by atoms with E-state index in [0.717, 1.165) is 24.5 Å². The number of likely N-dealkylation sites (tertiary alicyclic amines) is 1. The van der Waals surface area contributed by atoms with Crippen LogP contribution in [0.2, 0.25) is 0 Å². The van der Waals surface area contributed by atoms with Crippen LogP contribution in [-0.2, 0) is 4.79 Å². The first-order valence-electron chi connectivity index (χ1n) is 11.0. The molecule has 30 heavy (non-hydrogen) atoms. The van der Waals surface area contributed by atoms with E-state index in [1.807, 2.05) is 42.5 Å². The van der Waals surface area contributed by atoms with E-state index >= 15 is 0 Å². The number of carbonyl (C=O) groups is 2. The minimum absolute atomic E-state index is 0.0452. The molecule has 0 aliphatic carbocycles. The van der Waals surface area contributed by atoms with Gasteiger partial charge in [-0.25, -0.2) is 4.79 Å². The van der Waals surface area contributed by atoms with Crippen LogP contribution in [-0.4, -0.2) is 43.0 Å². The van der Waals surface area contributed by atoms with Gasteiger partial charge >= 0.3 is 6.03 Å². The lowest BCUT2D eigenvalue weighted by Gasteiger charge is -2.31. The molecule has 3 amide bonds. The number of rotatable bonds is 4. The standard InChI is InChI=1S/C24H30N4O2/c29-23(25-21-9-11-22(12-10-21)27-15-5-2-6-16-27)19-13-17-28(18-14-19)24(30)26-20-7-3-1-4-8-20/h1,3-4,7-12,19H,2,5-6,13-18H2,(H,25,29)(H,26,30). The Morgan fingerprint density at radius 3 is 2.03 bits per heavy atom. The Kier molecular flexibility index (Phi) is 6.52. The van der Waals surface area contributed by atoms with Crippen molar-refractivity contribution in [3.05, 3.63) is 54.6 Å². The molecule has 0 radical (unpaired) electrons. The van der Waals surface area contributed by atoms with Gasteiger partial charge in [0.2, 0.25) is 5.91 Å². The van der Waals surface area contributed by atoms with Crippen LogP contribution >= 0.6 is 0 Å². The molecule has 0 unspecified atom stereocenters. The van der Waals surface area contributed by atoms with E-state index in [1.165, 1.54) is 24.9 Å². The van der Waals surface area contributed by atoms with E-state index in [4.69, 9.17) is 0 Å². The molecule has 2 aliphatic rings. The molecule has 2 saturated heterocycles. The molecule has 2 aromatic carbocycles. The summed E-state index contributed by atoms with van der Waals surface area (Å²) in [6, 6.07) is 17.5. The maximum absolute atomic E-state index is 12.7. The number of para-hydroxylation sites is 1. The van der Waals surface area contributed by atoms with Gasteiger partial charge in [0.05, 0.1) is 0 Å². The molecule has 0 spiro atoms. The molecular formula is C24H30N4O2. The van der Waals surface area contributed by atoms with Gasteiger partial charge in [0.15, 0.2) is 0 Å². The van der Waals surface area contributed by atoms with E-state index in [9.17, 15) is 9.59 Å². The molecule has 2 heterocycles. The molecule has 158 valence electrons. The Bertz CT molecular complexity index is 839. The van der Waals surface area contributed by atoms with Gasteiger partial charge in [-0.3, -0.25) is 4.79 Å². The maximum atomic E-state index is 12.7. The van der Waals surface area contributed by atoms with Crippen molar-refractivity contribution >= 4 is 29.0 Å². The van der Waals surface area contributed by atoms with Crippen molar-refractivity contribution in [3.8, 4) is 0 Å². The zero-order chi connectivity index (χ0) is 20.8. The van der Waals surface area contributed by atoms with Crippen LogP contribution in [0.1, 0.15) is 32.1 Å². The van der Waals surface area contributed by atoms with Gasteiger partial charge in [-0.05, 0) is 68.5 Å². The lowest BCUT2D eigenvalue weighted by Crippen LogP contribution is -2.43. The monoisotopic (exact) mass is 406 g/mol. The second kappa shape index (κ2) is 9.65. The van der Waals surface area contributed by atoms with Crippen LogP contribution in [0.3, 0.4) is 0 Å². The summed E-state index contributed by atoms with van der Waals surface area (Å²) in [4.78, 5) is 29.3. The van der Waals surface area contributed by atoms with Crippen LogP contribution < -0.4 is 15.5 Å². The number of urea groups is 1. The average Bonchev–Trinajstić information content (AvgIpc) is 2.81. The molecule has 0 atom stereocenters. The Morgan fingerprint density at radius 2 is 1.37 bits per heavy atom. The molecular weight excluding hydrogens is 376 g/mol. The third kappa shape index (κ3) is 5.12. The van der Waals surface area contributed by atoms with Gasteiger partial charge in [-0.15, -0.1) is 0 Å². The summed E-state index contributed by atoms with van der Waals surface area (Å²) in [6.45, 7) is 3.40. The summed E-state index contributed by atoms with van der Waals surface area (Å²) in [7, 11) is 0. The fourth-order valence-corrected chi connectivity index (χ4v) is 4.22. The number of hydrogen-bond acceptors (Lipinski definition) is 3. The van der Waals surface area contributed by atoms with Crippen molar-refractivity contribution < 1.29 is 9.59 Å². The predicted molar refractivity (Wildman–Crippen MR) is 121 cm³/mol. The van der Waals surface area contributed by atoms with Gasteiger partial charge in [-0.2, -0.15) is 0 Å². The Labute approximate surface area is 178 Å². The van der Waals surface area contributed by atoms with E-state index in [0.29, 0.717) is 25.9 Å². The molecule has 6 nitrogen and oxygen atoms in total. The normalized spacial score (nSPS) is 17.5. The van der Waals surface area contributed by atoms with Crippen LogP contribution in [0.25, 0.3) is 0 Å². The highest BCUT2D eigenvalue weighted by atomic mass is 16.2. The zero-order valence-electron chi connectivity index (χ0n) is 17.3. The highest BCUT2D eigenvalue weighted by Crippen LogP contribution is 2.24. The van der Waals surface area contributed by atoms with Crippen molar-refractivity contribution in [2.24, 2.45) is 5.92 Å². The summed E-state index contributed by atoms with van der Waals surface area (Å²) >= 11 is 0. The summed E-state index contributed by atoms with van der Waals surface area (Å²) in [5.41, 5.74) is 2.85. The van der Waals surface area contributed by atoms with Crippen molar-refractivity contribution in [1.82, 2.24) is 4.90 Å². The highest BCUT2D eigenvalue weighted by molar-refractivity contribution is 5.93. The number of amides is 3. The fourth-order valence-electron chi connectivity index (χ4n) is 4.22. The van der Waals surface area contributed by atoms with Crippen LogP contribution in [0.15, 0.2) is 54.6 Å². The first-order valence-corrected chi connectivity index (χ1v) is 11.0. The number of benzene rings is 2. The SMILES string of the molecule is O=C(Nc1ccc(N2CCCCC2)cc1)C1CCN(C(=O)Nc2ccccc2)CC1. The molecule has 2 N–H and O–H groups in total. The third-order valence-corrected chi connectivity index (χ3v) is 6.03. The minimum atomic E-state index is -0.103. The van der Waals surface area contributed by atoms with Gasteiger partial charge in [-0.1, -0.05) is 18.2 Å². The van der Waals surface area contributed by atoms with E-state index < -0.39 is 0 Å². The largest absolute Gasteiger partial charge is 0.372 e. The zero-order valence-corrected chi connectivity index (χ0v) is 17.3. The average molecular weight is 407 g/mol. The first kappa shape index (κ1) is 20.3. The molecule has 2 fully saturated rings. The second-order valence-electron chi connectivity index (χ2n) is 8.14. The van der Waals surface area contributed by atoms with Crippen LogP contribution in [0.4, 0.5) is 21.9 Å². The van der Waals surface area contributed by atoms with E-state index in [2.05, 4.69) is 27.7 Å². The second-order valence-corrected chi connectivity index (χ2v) is 8.14.